The molecule has 4 aromatic carbocycles. The van der Waals surface area contributed by atoms with Crippen LogP contribution in [-0.2, 0) is 0 Å². The maximum absolute atomic E-state index is 9.76. The maximum Gasteiger partial charge on any atom is 0.169 e. The first-order valence-corrected chi connectivity index (χ1v) is 19.3. The van der Waals surface area contributed by atoms with E-state index in [9.17, 15) is 5.11 Å². The van der Waals surface area contributed by atoms with Crippen molar-refractivity contribution in [3.8, 4) is 34.5 Å². The van der Waals surface area contributed by atoms with Gasteiger partial charge in [0.25, 0.3) is 0 Å². The Morgan fingerprint density at radius 2 is 0.965 bits per heavy atom. The molecule has 0 aliphatic rings. The third-order valence-electron chi connectivity index (χ3n) is 8.31. The minimum atomic E-state index is 0.0919. The van der Waals surface area contributed by atoms with Crippen molar-refractivity contribution in [2.45, 2.75) is 6.92 Å². The SMILES string of the molecule is CCOc1c(OC)ccc2c(Cl)nccc12.COc1ccc2c(Cl)nccc2c1.COc1ccc2c(Cl)nccc2c1Br.COc1ccc2c(Cl)nccc2c1O. The van der Waals surface area contributed by atoms with Crippen molar-refractivity contribution >= 4 is 105 Å². The summed E-state index contributed by atoms with van der Waals surface area (Å²) in [4.78, 5) is 15.9. The number of methoxy groups -OCH3 is 4. The molecule has 0 spiro atoms. The summed E-state index contributed by atoms with van der Waals surface area (Å²) >= 11 is 27.2. The molecule has 0 bridgehead atoms. The van der Waals surface area contributed by atoms with E-state index >= 15 is 0 Å². The Morgan fingerprint density at radius 3 is 1.53 bits per heavy atom. The van der Waals surface area contributed by atoms with Crippen LogP contribution in [0.3, 0.4) is 0 Å². The lowest BCUT2D eigenvalue weighted by atomic mass is 10.1. The lowest BCUT2D eigenvalue weighted by Gasteiger charge is -2.12. The monoisotopic (exact) mass is 910 g/mol. The molecular formula is C42H35BrCl4N4O6. The minimum Gasteiger partial charge on any atom is -0.504 e. The van der Waals surface area contributed by atoms with E-state index in [0.717, 1.165) is 48.3 Å². The molecule has 10 nitrogen and oxygen atoms in total. The zero-order chi connectivity index (χ0) is 41.1. The topological polar surface area (TPSA) is 118 Å². The second-order valence-corrected chi connectivity index (χ2v) is 13.7. The molecule has 8 aromatic rings. The molecule has 0 radical (unpaired) electrons. The van der Waals surface area contributed by atoms with E-state index in [0.29, 0.717) is 55.2 Å². The number of aromatic hydroxyl groups is 1. The number of fused-ring (bicyclic) bond motifs is 4. The molecule has 8 rings (SSSR count). The van der Waals surface area contributed by atoms with Gasteiger partial charge in [0.15, 0.2) is 23.0 Å². The fourth-order valence-corrected chi connectivity index (χ4v) is 7.07. The van der Waals surface area contributed by atoms with Crippen LogP contribution < -0.4 is 23.7 Å². The van der Waals surface area contributed by atoms with Crippen LogP contribution in [0.5, 0.6) is 34.5 Å². The van der Waals surface area contributed by atoms with E-state index in [1.165, 1.54) is 7.11 Å². The summed E-state index contributed by atoms with van der Waals surface area (Å²) in [6, 6.07) is 24.0. The Bertz CT molecular complexity index is 2560. The molecule has 294 valence electrons. The van der Waals surface area contributed by atoms with Crippen molar-refractivity contribution in [3.05, 3.63) is 129 Å². The number of aromatic nitrogens is 4. The Kier molecular flexibility index (Phi) is 15.4. The van der Waals surface area contributed by atoms with Crippen LogP contribution in [0.4, 0.5) is 0 Å². The van der Waals surface area contributed by atoms with Gasteiger partial charge in [-0.2, -0.15) is 0 Å². The molecular weight excluding hydrogens is 878 g/mol. The quantitative estimate of drug-likeness (QED) is 0.162. The van der Waals surface area contributed by atoms with Crippen LogP contribution in [0.2, 0.25) is 20.6 Å². The van der Waals surface area contributed by atoms with Gasteiger partial charge in [0.2, 0.25) is 0 Å². The highest BCUT2D eigenvalue weighted by molar-refractivity contribution is 9.10. The third-order valence-corrected chi connectivity index (χ3v) is 10.3. The smallest absolute Gasteiger partial charge is 0.169 e. The van der Waals surface area contributed by atoms with Crippen molar-refractivity contribution in [3.63, 3.8) is 0 Å². The summed E-state index contributed by atoms with van der Waals surface area (Å²) in [6.45, 7) is 2.51. The van der Waals surface area contributed by atoms with Crippen LogP contribution >= 0.6 is 62.3 Å². The summed E-state index contributed by atoms with van der Waals surface area (Å²) in [5, 5.41) is 18.7. The Morgan fingerprint density at radius 1 is 0.509 bits per heavy atom. The highest BCUT2D eigenvalue weighted by atomic mass is 79.9. The second-order valence-electron chi connectivity index (χ2n) is 11.5. The Balaban J connectivity index is 0.000000145. The third kappa shape index (κ3) is 10.1. The van der Waals surface area contributed by atoms with E-state index in [1.807, 2.05) is 67.6 Å². The normalized spacial score (nSPS) is 10.4. The number of ether oxygens (including phenoxy) is 5. The largest absolute Gasteiger partial charge is 0.504 e. The first kappa shape index (κ1) is 43.1. The number of rotatable bonds is 6. The van der Waals surface area contributed by atoms with E-state index in [4.69, 9.17) is 70.1 Å². The molecule has 0 atom stereocenters. The minimum absolute atomic E-state index is 0.0919. The molecule has 0 fully saturated rings. The summed E-state index contributed by atoms with van der Waals surface area (Å²) in [5.41, 5.74) is 0. The van der Waals surface area contributed by atoms with Crippen LogP contribution in [0.15, 0.2) is 108 Å². The lowest BCUT2D eigenvalue weighted by Crippen LogP contribution is -1.96. The molecule has 0 amide bonds. The number of phenols is 1. The molecule has 0 saturated carbocycles. The van der Waals surface area contributed by atoms with Crippen molar-refractivity contribution in [1.29, 1.82) is 0 Å². The number of hydrogen-bond donors (Lipinski definition) is 1. The molecule has 0 unspecified atom stereocenters. The van der Waals surface area contributed by atoms with Gasteiger partial charge in [0.05, 0.1) is 39.5 Å². The highest BCUT2D eigenvalue weighted by Gasteiger charge is 2.12. The van der Waals surface area contributed by atoms with E-state index < -0.39 is 0 Å². The summed E-state index contributed by atoms with van der Waals surface area (Å²) in [7, 11) is 6.40. The van der Waals surface area contributed by atoms with E-state index in [2.05, 4.69) is 35.9 Å². The maximum atomic E-state index is 9.76. The van der Waals surface area contributed by atoms with Gasteiger partial charge in [0, 0.05) is 62.5 Å². The number of hydrogen-bond acceptors (Lipinski definition) is 10. The first-order chi connectivity index (χ1) is 27.6. The van der Waals surface area contributed by atoms with Gasteiger partial charge >= 0.3 is 0 Å². The van der Waals surface area contributed by atoms with Crippen LogP contribution in [0, 0.1) is 0 Å². The number of halogens is 5. The molecule has 0 saturated heterocycles. The fourth-order valence-electron chi connectivity index (χ4n) is 5.54. The predicted molar refractivity (Wildman–Crippen MR) is 234 cm³/mol. The highest BCUT2D eigenvalue weighted by Crippen LogP contribution is 2.38. The van der Waals surface area contributed by atoms with Crippen molar-refractivity contribution in [2.24, 2.45) is 0 Å². The number of nitrogens with zero attached hydrogens (tertiary/aromatic N) is 4. The number of pyridine rings is 4. The molecule has 0 aliphatic heterocycles. The number of phenolic OH excluding ortho intramolecular Hbond substituents is 1. The van der Waals surface area contributed by atoms with Crippen molar-refractivity contribution in [1.82, 2.24) is 19.9 Å². The standard InChI is InChI=1S/C12H12ClNO2.C10H7BrClNO.C10H8ClNO2.C10H8ClNO/c1-3-16-11-8-6-7-14-12(13)9(8)4-5-10(11)15-2;1-14-8-3-2-7-6(9(8)11)4-5-13-10(7)12;1-14-8-3-2-7-6(9(8)13)4-5-12-10(7)11;1-13-8-2-3-9-7(6-8)4-5-12-10(9)11/h4-7H,3H2,1-2H3;2-5H,1H3;2-5,13H,1H3;2-6H,1H3. The second kappa shape index (κ2) is 20.4. The summed E-state index contributed by atoms with van der Waals surface area (Å²) in [5.74, 6) is 3.56. The molecule has 15 heteroatoms. The van der Waals surface area contributed by atoms with Gasteiger partial charge in [0.1, 0.15) is 32.1 Å². The molecule has 4 aromatic heterocycles. The van der Waals surface area contributed by atoms with Gasteiger partial charge in [-0.3, -0.25) is 0 Å². The molecule has 4 heterocycles. The average Bonchev–Trinajstić information content (AvgIpc) is 3.23. The van der Waals surface area contributed by atoms with Crippen LogP contribution in [0.1, 0.15) is 6.92 Å². The van der Waals surface area contributed by atoms with E-state index in [1.54, 1.807) is 64.3 Å². The molecule has 57 heavy (non-hydrogen) atoms. The zero-order valence-corrected chi connectivity index (χ0v) is 35.8. The van der Waals surface area contributed by atoms with E-state index in [-0.39, 0.29) is 5.75 Å². The molecule has 1 N–H and O–H groups in total. The van der Waals surface area contributed by atoms with Gasteiger partial charge < -0.3 is 28.8 Å². The Labute approximate surface area is 357 Å². The van der Waals surface area contributed by atoms with Gasteiger partial charge in [-0.15, -0.1) is 0 Å². The van der Waals surface area contributed by atoms with Crippen molar-refractivity contribution in [2.75, 3.05) is 35.0 Å². The lowest BCUT2D eigenvalue weighted by molar-refractivity contribution is 0.315. The first-order valence-electron chi connectivity index (χ1n) is 17.0. The average molecular weight is 913 g/mol. The predicted octanol–water partition coefficient (Wildman–Crippen LogP) is 12.5. The summed E-state index contributed by atoms with van der Waals surface area (Å²) < 4.78 is 27.0. The van der Waals surface area contributed by atoms with Gasteiger partial charge in [-0.05, 0) is 107 Å². The molecule has 0 aliphatic carbocycles. The van der Waals surface area contributed by atoms with Crippen molar-refractivity contribution < 1.29 is 28.8 Å². The van der Waals surface area contributed by atoms with Crippen LogP contribution in [0.25, 0.3) is 43.1 Å². The summed E-state index contributed by atoms with van der Waals surface area (Å²) in [6.07, 6.45) is 6.56. The fraction of sp³-hybridized carbons (Fsp3) is 0.143. The Hall–Kier alpha value is -5.04. The zero-order valence-electron chi connectivity index (χ0n) is 31.2. The van der Waals surface area contributed by atoms with Gasteiger partial charge in [-0.1, -0.05) is 46.4 Å². The van der Waals surface area contributed by atoms with Crippen LogP contribution in [-0.4, -0.2) is 60.1 Å². The number of benzene rings is 4. The van der Waals surface area contributed by atoms with Gasteiger partial charge in [-0.25, -0.2) is 19.9 Å².